The summed E-state index contributed by atoms with van der Waals surface area (Å²) in [5.41, 5.74) is 0. The molecule has 112 valence electrons. The van der Waals surface area contributed by atoms with Crippen molar-refractivity contribution in [2.24, 2.45) is 0 Å². The van der Waals surface area contributed by atoms with E-state index in [0.717, 1.165) is 48.8 Å². The summed E-state index contributed by atoms with van der Waals surface area (Å²) in [5, 5.41) is 12.4. The Morgan fingerprint density at radius 3 is 2.65 bits per heavy atom. The first kappa shape index (κ1) is 15.5. The predicted octanol–water partition coefficient (Wildman–Crippen LogP) is 1.17. The van der Waals surface area contributed by atoms with Gasteiger partial charge in [0, 0.05) is 45.5 Å². The Bertz CT molecular complexity index is 433. The molecule has 1 aromatic heterocycles. The van der Waals surface area contributed by atoms with Gasteiger partial charge in [-0.1, -0.05) is 6.92 Å². The van der Waals surface area contributed by atoms with E-state index >= 15 is 0 Å². The van der Waals surface area contributed by atoms with Crippen molar-refractivity contribution in [3.05, 3.63) is 10.7 Å². The molecule has 0 radical (unpaired) electrons. The van der Waals surface area contributed by atoms with Crippen LogP contribution in [-0.2, 0) is 0 Å². The third kappa shape index (κ3) is 3.39. The lowest BCUT2D eigenvalue weighted by Crippen LogP contribution is -2.51. The molecule has 1 saturated heterocycles. The van der Waals surface area contributed by atoms with Crippen molar-refractivity contribution in [3.8, 4) is 0 Å². The van der Waals surface area contributed by atoms with E-state index in [-0.39, 0.29) is 12.6 Å². The van der Waals surface area contributed by atoms with Crippen LogP contribution in [0.25, 0.3) is 0 Å². The van der Waals surface area contributed by atoms with Gasteiger partial charge in [0.25, 0.3) is 0 Å². The van der Waals surface area contributed by atoms with Crippen molar-refractivity contribution in [1.29, 1.82) is 0 Å². The van der Waals surface area contributed by atoms with Crippen molar-refractivity contribution in [1.82, 2.24) is 14.9 Å². The van der Waals surface area contributed by atoms with Crippen LogP contribution in [-0.4, -0.2) is 65.8 Å². The van der Waals surface area contributed by atoms with Crippen LogP contribution in [0.4, 0.5) is 11.8 Å². The van der Waals surface area contributed by atoms with E-state index in [2.05, 4.69) is 47.9 Å². The van der Waals surface area contributed by atoms with Gasteiger partial charge in [-0.05, 0) is 22.4 Å². The number of anilines is 2. The van der Waals surface area contributed by atoms with Gasteiger partial charge in [0.1, 0.15) is 5.82 Å². The number of rotatable bonds is 5. The molecule has 20 heavy (non-hydrogen) atoms. The summed E-state index contributed by atoms with van der Waals surface area (Å²) in [4.78, 5) is 13.4. The third-order valence-corrected chi connectivity index (χ3v) is 4.34. The molecule has 1 atom stereocenters. The molecule has 0 aromatic carbocycles. The average molecular weight is 344 g/mol. The number of hydrogen-bond acceptors (Lipinski definition) is 6. The van der Waals surface area contributed by atoms with Crippen molar-refractivity contribution in [3.63, 3.8) is 0 Å². The molecular formula is C13H22BrN5O. The number of piperazine rings is 1. The number of nitrogens with one attached hydrogen (secondary N) is 1. The van der Waals surface area contributed by atoms with E-state index in [1.807, 2.05) is 7.05 Å². The number of halogens is 1. The lowest BCUT2D eigenvalue weighted by molar-refractivity contribution is 0.113. The van der Waals surface area contributed by atoms with Crippen LogP contribution in [0.3, 0.4) is 0 Å². The number of aliphatic hydroxyl groups excluding tert-OH is 1. The van der Waals surface area contributed by atoms with Crippen molar-refractivity contribution >= 4 is 27.7 Å². The molecule has 1 aliphatic heterocycles. The molecule has 2 N–H and O–H groups in total. The zero-order valence-electron chi connectivity index (χ0n) is 12.0. The third-order valence-electron chi connectivity index (χ3n) is 3.76. The van der Waals surface area contributed by atoms with Crippen LogP contribution in [0.5, 0.6) is 0 Å². The minimum absolute atomic E-state index is 0.231. The van der Waals surface area contributed by atoms with E-state index in [1.165, 1.54) is 0 Å². The summed E-state index contributed by atoms with van der Waals surface area (Å²) in [6.45, 7) is 6.00. The fourth-order valence-electron chi connectivity index (χ4n) is 2.48. The molecule has 6 nitrogen and oxygen atoms in total. The second-order valence-corrected chi connectivity index (χ2v) is 5.74. The highest BCUT2D eigenvalue weighted by Gasteiger charge is 2.23. The number of aliphatic hydroxyl groups is 1. The lowest BCUT2D eigenvalue weighted by Gasteiger charge is -2.38. The van der Waals surface area contributed by atoms with E-state index in [4.69, 9.17) is 0 Å². The first-order valence-corrected chi connectivity index (χ1v) is 7.79. The summed E-state index contributed by atoms with van der Waals surface area (Å²) in [6.07, 6.45) is 2.76. The SMILES string of the molecule is CCC(CO)N1CCN(c2ncc(Br)c(NC)n2)CC1. The van der Waals surface area contributed by atoms with Gasteiger partial charge in [-0.25, -0.2) is 4.98 Å². The summed E-state index contributed by atoms with van der Waals surface area (Å²) in [6, 6.07) is 0.274. The summed E-state index contributed by atoms with van der Waals surface area (Å²) >= 11 is 3.42. The quantitative estimate of drug-likeness (QED) is 0.836. The minimum Gasteiger partial charge on any atom is -0.395 e. The molecule has 2 heterocycles. The first-order chi connectivity index (χ1) is 9.69. The standard InChI is InChI=1S/C13H22BrN5O/c1-3-10(9-20)18-4-6-19(7-5-18)13-16-8-11(14)12(15-2)17-13/h8,10,20H,3-7,9H2,1-2H3,(H,15,16,17). The topological polar surface area (TPSA) is 64.5 Å². The Kier molecular flexibility index (Phi) is 5.56. The van der Waals surface area contributed by atoms with Crippen LogP contribution in [0.15, 0.2) is 10.7 Å². The van der Waals surface area contributed by atoms with Gasteiger partial charge in [0.2, 0.25) is 5.95 Å². The lowest BCUT2D eigenvalue weighted by atomic mass is 10.2. The van der Waals surface area contributed by atoms with Gasteiger partial charge in [-0.3, -0.25) is 4.90 Å². The van der Waals surface area contributed by atoms with Gasteiger partial charge in [-0.2, -0.15) is 4.98 Å². The van der Waals surface area contributed by atoms with Crippen molar-refractivity contribution in [2.75, 3.05) is 50.1 Å². The van der Waals surface area contributed by atoms with E-state index in [1.54, 1.807) is 6.20 Å². The number of nitrogens with zero attached hydrogens (tertiary/aromatic N) is 4. The second-order valence-electron chi connectivity index (χ2n) is 4.88. The van der Waals surface area contributed by atoms with Gasteiger partial charge >= 0.3 is 0 Å². The van der Waals surface area contributed by atoms with Gasteiger partial charge < -0.3 is 15.3 Å². The highest BCUT2D eigenvalue weighted by molar-refractivity contribution is 9.10. The smallest absolute Gasteiger partial charge is 0.227 e. The van der Waals surface area contributed by atoms with E-state index in [9.17, 15) is 5.11 Å². The Morgan fingerprint density at radius 2 is 2.10 bits per heavy atom. The molecule has 1 aliphatic rings. The average Bonchev–Trinajstić information content (AvgIpc) is 2.50. The Hall–Kier alpha value is -0.920. The van der Waals surface area contributed by atoms with Crippen LogP contribution < -0.4 is 10.2 Å². The fraction of sp³-hybridized carbons (Fsp3) is 0.692. The normalized spacial score (nSPS) is 18.1. The number of aromatic nitrogens is 2. The maximum atomic E-state index is 9.37. The molecule has 0 saturated carbocycles. The molecular weight excluding hydrogens is 322 g/mol. The highest BCUT2D eigenvalue weighted by Crippen LogP contribution is 2.22. The zero-order chi connectivity index (χ0) is 14.5. The molecule has 1 aromatic rings. The molecule has 7 heteroatoms. The molecule has 0 spiro atoms. The fourth-order valence-corrected chi connectivity index (χ4v) is 2.86. The van der Waals surface area contributed by atoms with Gasteiger partial charge in [-0.15, -0.1) is 0 Å². The van der Waals surface area contributed by atoms with Crippen LogP contribution in [0, 0.1) is 0 Å². The monoisotopic (exact) mass is 343 g/mol. The first-order valence-electron chi connectivity index (χ1n) is 6.99. The highest BCUT2D eigenvalue weighted by atomic mass is 79.9. The minimum atomic E-state index is 0.231. The maximum absolute atomic E-state index is 9.37. The largest absolute Gasteiger partial charge is 0.395 e. The van der Waals surface area contributed by atoms with Crippen molar-refractivity contribution < 1.29 is 5.11 Å². The number of hydrogen-bond donors (Lipinski definition) is 2. The van der Waals surface area contributed by atoms with E-state index < -0.39 is 0 Å². The molecule has 0 aliphatic carbocycles. The molecule has 0 amide bonds. The molecule has 1 unspecified atom stereocenters. The Balaban J connectivity index is 2.00. The maximum Gasteiger partial charge on any atom is 0.227 e. The van der Waals surface area contributed by atoms with Gasteiger partial charge in [0.15, 0.2) is 0 Å². The Morgan fingerprint density at radius 1 is 1.40 bits per heavy atom. The summed E-state index contributed by atoms with van der Waals surface area (Å²) in [7, 11) is 1.85. The predicted molar refractivity (Wildman–Crippen MR) is 84.2 cm³/mol. The van der Waals surface area contributed by atoms with Crippen molar-refractivity contribution in [2.45, 2.75) is 19.4 Å². The molecule has 2 rings (SSSR count). The van der Waals surface area contributed by atoms with Crippen LogP contribution in [0.1, 0.15) is 13.3 Å². The second kappa shape index (κ2) is 7.19. The zero-order valence-corrected chi connectivity index (χ0v) is 13.6. The molecule has 1 fully saturated rings. The summed E-state index contributed by atoms with van der Waals surface area (Å²) < 4.78 is 0.869. The summed E-state index contributed by atoms with van der Waals surface area (Å²) in [5.74, 6) is 1.56. The van der Waals surface area contributed by atoms with E-state index in [0.29, 0.717) is 0 Å². The van der Waals surface area contributed by atoms with Gasteiger partial charge in [0.05, 0.1) is 11.1 Å². The van der Waals surface area contributed by atoms with Crippen LogP contribution in [0.2, 0.25) is 0 Å². The molecule has 0 bridgehead atoms. The Labute approximate surface area is 128 Å². The van der Waals surface area contributed by atoms with Crippen LogP contribution >= 0.6 is 15.9 Å².